The van der Waals surface area contributed by atoms with Crippen LogP contribution in [0.2, 0.25) is 0 Å². The molecule has 1 aromatic carbocycles. The normalized spacial score (nSPS) is 9.18. The first-order chi connectivity index (χ1) is 8.11. The van der Waals surface area contributed by atoms with Crippen LogP contribution in [0, 0.1) is 11.3 Å². The highest BCUT2D eigenvalue weighted by Crippen LogP contribution is 2.17. The Morgan fingerprint density at radius 2 is 2.24 bits per heavy atom. The first kappa shape index (κ1) is 12.7. The van der Waals surface area contributed by atoms with E-state index in [0.717, 1.165) is 0 Å². The molecule has 0 heterocycles. The third kappa shape index (κ3) is 4.80. The van der Waals surface area contributed by atoms with Crippen molar-refractivity contribution in [1.82, 2.24) is 0 Å². The lowest BCUT2D eigenvalue weighted by atomic mass is 10.2. The van der Waals surface area contributed by atoms with Gasteiger partial charge in [-0.05, 0) is 19.1 Å². The number of ketones is 1. The average molecular weight is 232 g/mol. The summed E-state index contributed by atoms with van der Waals surface area (Å²) in [6.07, 6.45) is -0.150. The van der Waals surface area contributed by atoms with Gasteiger partial charge in [0.05, 0.1) is 6.42 Å². The summed E-state index contributed by atoms with van der Waals surface area (Å²) in [5.74, 6) is -0.0681. The van der Waals surface area contributed by atoms with Gasteiger partial charge >= 0.3 is 0 Å². The van der Waals surface area contributed by atoms with Gasteiger partial charge in [-0.25, -0.2) is 0 Å². The van der Waals surface area contributed by atoms with Gasteiger partial charge in [-0.2, -0.15) is 5.26 Å². The fourth-order valence-corrected chi connectivity index (χ4v) is 1.21. The second-order valence-corrected chi connectivity index (χ2v) is 3.40. The SMILES string of the molecule is CC(=O)CC(=O)Nc1cccc(OCC#N)c1. The lowest BCUT2D eigenvalue weighted by molar-refractivity contribution is -0.124. The van der Waals surface area contributed by atoms with Gasteiger partial charge in [-0.15, -0.1) is 0 Å². The van der Waals surface area contributed by atoms with E-state index in [-0.39, 0.29) is 24.7 Å². The van der Waals surface area contributed by atoms with Gasteiger partial charge in [-0.1, -0.05) is 6.07 Å². The highest BCUT2D eigenvalue weighted by atomic mass is 16.5. The quantitative estimate of drug-likeness (QED) is 0.780. The van der Waals surface area contributed by atoms with Crippen LogP contribution in [-0.4, -0.2) is 18.3 Å². The van der Waals surface area contributed by atoms with Crippen molar-refractivity contribution in [3.05, 3.63) is 24.3 Å². The molecule has 1 amide bonds. The van der Waals surface area contributed by atoms with E-state index in [2.05, 4.69) is 5.32 Å². The van der Waals surface area contributed by atoms with Gasteiger partial charge in [0.25, 0.3) is 0 Å². The Bertz CT molecular complexity index is 463. The summed E-state index contributed by atoms with van der Waals surface area (Å²) in [4.78, 5) is 22.1. The molecule has 0 unspecified atom stereocenters. The lowest BCUT2D eigenvalue weighted by Crippen LogP contribution is -2.14. The monoisotopic (exact) mass is 232 g/mol. The predicted molar refractivity (Wildman–Crippen MR) is 61.5 cm³/mol. The number of Topliss-reactive ketones (excluding diaryl/α,β-unsaturated/α-hetero) is 1. The third-order valence-corrected chi connectivity index (χ3v) is 1.83. The number of benzene rings is 1. The number of nitrogens with zero attached hydrogens (tertiary/aromatic N) is 1. The fraction of sp³-hybridized carbons (Fsp3) is 0.250. The largest absolute Gasteiger partial charge is 0.479 e. The van der Waals surface area contributed by atoms with E-state index >= 15 is 0 Å². The van der Waals surface area contributed by atoms with Crippen molar-refractivity contribution in [3.63, 3.8) is 0 Å². The van der Waals surface area contributed by atoms with E-state index in [4.69, 9.17) is 10.00 Å². The summed E-state index contributed by atoms with van der Waals surface area (Å²) in [6, 6.07) is 8.49. The van der Waals surface area contributed by atoms with Crippen molar-refractivity contribution in [2.45, 2.75) is 13.3 Å². The van der Waals surface area contributed by atoms with Crippen molar-refractivity contribution < 1.29 is 14.3 Å². The molecule has 0 radical (unpaired) electrons. The Balaban J connectivity index is 2.62. The molecular formula is C12H12N2O3. The summed E-state index contributed by atoms with van der Waals surface area (Å²) in [5.41, 5.74) is 0.534. The van der Waals surface area contributed by atoms with Gasteiger partial charge in [0, 0.05) is 11.8 Å². The molecule has 0 aliphatic rings. The van der Waals surface area contributed by atoms with E-state index in [1.54, 1.807) is 24.3 Å². The highest BCUT2D eigenvalue weighted by Gasteiger charge is 2.05. The van der Waals surface area contributed by atoms with Gasteiger partial charge in [0.15, 0.2) is 6.61 Å². The number of nitrogens with one attached hydrogen (secondary N) is 1. The topological polar surface area (TPSA) is 79.2 Å². The number of carbonyl (C=O) groups excluding carboxylic acids is 2. The molecule has 1 aromatic rings. The summed E-state index contributed by atoms with van der Waals surface area (Å²) in [6.45, 7) is 1.30. The highest BCUT2D eigenvalue weighted by molar-refractivity contribution is 6.03. The number of anilines is 1. The van der Waals surface area contributed by atoms with Crippen molar-refractivity contribution in [1.29, 1.82) is 5.26 Å². The minimum atomic E-state index is -0.366. The predicted octanol–water partition coefficient (Wildman–Crippen LogP) is 1.51. The van der Waals surface area contributed by atoms with Crippen molar-refractivity contribution in [2.24, 2.45) is 0 Å². The van der Waals surface area contributed by atoms with Crippen LogP contribution in [0.3, 0.4) is 0 Å². The van der Waals surface area contributed by atoms with Gasteiger partial charge in [-0.3, -0.25) is 9.59 Å². The van der Waals surface area contributed by atoms with Crippen LogP contribution in [0.4, 0.5) is 5.69 Å². The Labute approximate surface area is 99.0 Å². The van der Waals surface area contributed by atoms with Crippen LogP contribution in [0.1, 0.15) is 13.3 Å². The van der Waals surface area contributed by atoms with E-state index in [1.165, 1.54) is 6.92 Å². The van der Waals surface area contributed by atoms with Crippen molar-refractivity contribution in [3.8, 4) is 11.8 Å². The minimum Gasteiger partial charge on any atom is -0.479 e. The molecule has 5 nitrogen and oxygen atoms in total. The number of nitriles is 1. The molecule has 0 saturated heterocycles. The van der Waals surface area contributed by atoms with E-state index < -0.39 is 0 Å². The van der Waals surface area contributed by atoms with Crippen molar-refractivity contribution in [2.75, 3.05) is 11.9 Å². The number of hydrogen-bond donors (Lipinski definition) is 1. The Kier molecular flexibility index (Phi) is 4.70. The van der Waals surface area contributed by atoms with Gasteiger partial charge < -0.3 is 10.1 Å². The molecule has 1 N–H and O–H groups in total. The van der Waals surface area contributed by atoms with Gasteiger partial charge in [0.2, 0.25) is 5.91 Å². The molecule has 0 bridgehead atoms. The third-order valence-electron chi connectivity index (χ3n) is 1.83. The Morgan fingerprint density at radius 1 is 1.47 bits per heavy atom. The zero-order chi connectivity index (χ0) is 12.7. The smallest absolute Gasteiger partial charge is 0.231 e. The molecule has 0 fully saturated rings. The minimum absolute atomic E-state index is 0.0507. The molecule has 0 saturated carbocycles. The maximum atomic E-state index is 11.3. The maximum Gasteiger partial charge on any atom is 0.231 e. The molecule has 17 heavy (non-hydrogen) atoms. The van der Waals surface area contributed by atoms with Gasteiger partial charge in [0.1, 0.15) is 17.6 Å². The number of amides is 1. The number of ether oxygens (including phenoxy) is 1. The summed E-state index contributed by atoms with van der Waals surface area (Å²) >= 11 is 0. The maximum absolute atomic E-state index is 11.3. The fourth-order valence-electron chi connectivity index (χ4n) is 1.21. The number of hydrogen-bond acceptors (Lipinski definition) is 4. The van der Waals surface area contributed by atoms with E-state index in [0.29, 0.717) is 11.4 Å². The van der Waals surface area contributed by atoms with Crippen LogP contribution in [0.5, 0.6) is 5.75 Å². The Morgan fingerprint density at radius 3 is 2.88 bits per heavy atom. The molecule has 0 atom stereocenters. The van der Waals surface area contributed by atoms with Crippen molar-refractivity contribution >= 4 is 17.4 Å². The Hall–Kier alpha value is -2.35. The second-order valence-electron chi connectivity index (χ2n) is 3.40. The van der Waals surface area contributed by atoms with Crippen LogP contribution in [0.25, 0.3) is 0 Å². The lowest BCUT2D eigenvalue weighted by Gasteiger charge is -2.06. The van der Waals surface area contributed by atoms with E-state index in [1.807, 2.05) is 6.07 Å². The van der Waals surface area contributed by atoms with Crippen LogP contribution >= 0.6 is 0 Å². The molecule has 1 rings (SSSR count). The average Bonchev–Trinajstić information content (AvgIpc) is 2.25. The zero-order valence-electron chi connectivity index (χ0n) is 9.40. The van der Waals surface area contributed by atoms with Crippen LogP contribution in [-0.2, 0) is 9.59 Å². The zero-order valence-corrected chi connectivity index (χ0v) is 9.40. The van der Waals surface area contributed by atoms with E-state index in [9.17, 15) is 9.59 Å². The first-order valence-electron chi connectivity index (χ1n) is 5.01. The summed E-state index contributed by atoms with van der Waals surface area (Å²) in [5, 5.41) is 10.9. The van der Waals surface area contributed by atoms with Crippen LogP contribution in [0.15, 0.2) is 24.3 Å². The molecule has 0 aliphatic carbocycles. The molecule has 88 valence electrons. The molecule has 5 heteroatoms. The standard InChI is InChI=1S/C12H12N2O3/c1-9(15)7-12(16)14-10-3-2-4-11(8-10)17-6-5-13/h2-4,8H,6-7H2,1H3,(H,14,16). The summed E-state index contributed by atoms with van der Waals surface area (Å²) < 4.78 is 5.08. The summed E-state index contributed by atoms with van der Waals surface area (Å²) in [7, 11) is 0. The number of rotatable bonds is 5. The molecule has 0 aliphatic heterocycles. The molecular weight excluding hydrogens is 220 g/mol. The first-order valence-corrected chi connectivity index (χ1v) is 5.01. The molecule has 0 spiro atoms. The van der Waals surface area contributed by atoms with Crippen LogP contribution < -0.4 is 10.1 Å². The number of carbonyl (C=O) groups is 2. The second kappa shape index (κ2) is 6.28. The molecule has 0 aromatic heterocycles.